The van der Waals surface area contributed by atoms with Crippen molar-refractivity contribution in [3.05, 3.63) is 59.4 Å². The van der Waals surface area contributed by atoms with Gasteiger partial charge in [-0.15, -0.1) is 0 Å². The first-order chi connectivity index (χ1) is 10.2. The maximum absolute atomic E-state index is 12.1. The molecule has 0 saturated heterocycles. The van der Waals surface area contributed by atoms with Gasteiger partial charge >= 0.3 is 0 Å². The van der Waals surface area contributed by atoms with Crippen molar-refractivity contribution in [1.82, 2.24) is 4.98 Å². The molecule has 0 spiro atoms. The number of rotatable bonds is 3. The van der Waals surface area contributed by atoms with Crippen molar-refractivity contribution in [2.24, 2.45) is 0 Å². The Morgan fingerprint density at radius 3 is 2.76 bits per heavy atom. The fraction of sp³-hybridized carbons (Fsp3) is 0.176. The third-order valence-electron chi connectivity index (χ3n) is 2.75. The minimum Gasteiger partial charge on any atom is -0.395 e. The second-order valence-corrected chi connectivity index (χ2v) is 4.55. The van der Waals surface area contributed by atoms with Crippen molar-refractivity contribution < 1.29 is 9.90 Å². The van der Waals surface area contributed by atoms with Crippen LogP contribution in [0.2, 0.25) is 0 Å². The maximum Gasteiger partial charge on any atom is 0.255 e. The summed E-state index contributed by atoms with van der Waals surface area (Å²) in [6, 6.07) is 8.96. The standard InChI is InChI=1S/C17H16N2O2/c1-13-10-14(4-2-3-9-20)12-16(11-13)19-17(21)15-5-7-18-8-6-15/h5-8,10-12,20H,3,9H2,1H3,(H,19,21). The van der Waals surface area contributed by atoms with E-state index >= 15 is 0 Å². The highest BCUT2D eigenvalue weighted by Crippen LogP contribution is 2.15. The monoisotopic (exact) mass is 280 g/mol. The molecule has 2 N–H and O–H groups in total. The molecule has 4 heteroatoms. The first kappa shape index (κ1) is 14.8. The molecule has 0 fully saturated rings. The lowest BCUT2D eigenvalue weighted by molar-refractivity contribution is 0.102. The molecule has 0 unspecified atom stereocenters. The number of aliphatic hydroxyl groups is 1. The molecule has 0 bridgehead atoms. The Morgan fingerprint density at radius 1 is 1.29 bits per heavy atom. The zero-order valence-corrected chi connectivity index (χ0v) is 11.8. The van der Waals surface area contributed by atoms with Crippen LogP contribution in [0.15, 0.2) is 42.7 Å². The van der Waals surface area contributed by atoms with Gasteiger partial charge in [0, 0.05) is 35.6 Å². The third kappa shape index (κ3) is 4.44. The Hall–Kier alpha value is -2.64. The Labute approximate surface area is 123 Å². The van der Waals surface area contributed by atoms with Crippen molar-refractivity contribution in [2.75, 3.05) is 11.9 Å². The second kappa shape index (κ2) is 7.22. The minimum absolute atomic E-state index is 0.0461. The van der Waals surface area contributed by atoms with Crippen LogP contribution in [-0.4, -0.2) is 22.6 Å². The number of hydrogen-bond donors (Lipinski definition) is 2. The topological polar surface area (TPSA) is 62.2 Å². The lowest BCUT2D eigenvalue weighted by Gasteiger charge is -2.07. The molecule has 21 heavy (non-hydrogen) atoms. The number of carbonyl (C=O) groups is 1. The summed E-state index contributed by atoms with van der Waals surface area (Å²) in [7, 11) is 0. The average Bonchev–Trinajstić information content (AvgIpc) is 2.48. The van der Waals surface area contributed by atoms with E-state index in [1.165, 1.54) is 0 Å². The van der Waals surface area contributed by atoms with E-state index in [0.29, 0.717) is 17.7 Å². The number of aromatic nitrogens is 1. The van der Waals surface area contributed by atoms with Crippen LogP contribution in [0, 0.1) is 18.8 Å². The number of benzene rings is 1. The van der Waals surface area contributed by atoms with Gasteiger partial charge in [-0.05, 0) is 42.8 Å². The Balaban J connectivity index is 2.17. The van der Waals surface area contributed by atoms with Crippen LogP contribution in [0.3, 0.4) is 0 Å². The molecule has 2 aromatic rings. The van der Waals surface area contributed by atoms with Crippen LogP contribution in [-0.2, 0) is 0 Å². The zero-order valence-electron chi connectivity index (χ0n) is 11.8. The normalized spacial score (nSPS) is 9.62. The number of hydrogen-bond acceptors (Lipinski definition) is 3. The molecule has 2 rings (SSSR count). The molecule has 4 nitrogen and oxygen atoms in total. The van der Waals surface area contributed by atoms with Crippen LogP contribution in [0.5, 0.6) is 0 Å². The molecule has 0 aliphatic carbocycles. The predicted molar refractivity (Wildman–Crippen MR) is 82.0 cm³/mol. The fourth-order valence-corrected chi connectivity index (χ4v) is 1.85. The van der Waals surface area contributed by atoms with E-state index in [4.69, 9.17) is 5.11 Å². The quantitative estimate of drug-likeness (QED) is 0.849. The van der Waals surface area contributed by atoms with Crippen LogP contribution in [0.1, 0.15) is 27.9 Å². The number of aryl methyl sites for hydroxylation is 1. The second-order valence-electron chi connectivity index (χ2n) is 4.55. The molecular weight excluding hydrogens is 264 g/mol. The van der Waals surface area contributed by atoms with Crippen molar-refractivity contribution in [3.63, 3.8) is 0 Å². The van der Waals surface area contributed by atoms with Crippen molar-refractivity contribution in [1.29, 1.82) is 0 Å². The van der Waals surface area contributed by atoms with E-state index in [2.05, 4.69) is 22.1 Å². The van der Waals surface area contributed by atoms with Gasteiger partial charge in [-0.1, -0.05) is 11.8 Å². The highest BCUT2D eigenvalue weighted by atomic mass is 16.2. The smallest absolute Gasteiger partial charge is 0.255 e. The number of aliphatic hydroxyl groups excluding tert-OH is 1. The zero-order chi connectivity index (χ0) is 15.1. The first-order valence-corrected chi connectivity index (χ1v) is 6.62. The van der Waals surface area contributed by atoms with Crippen molar-refractivity contribution in [3.8, 4) is 11.8 Å². The summed E-state index contributed by atoms with van der Waals surface area (Å²) in [5.74, 6) is 5.66. The van der Waals surface area contributed by atoms with Gasteiger partial charge in [-0.3, -0.25) is 9.78 Å². The summed E-state index contributed by atoms with van der Waals surface area (Å²) >= 11 is 0. The van der Waals surface area contributed by atoms with E-state index in [1.807, 2.05) is 25.1 Å². The molecule has 106 valence electrons. The molecular formula is C17H16N2O2. The molecule has 0 aliphatic heterocycles. The van der Waals surface area contributed by atoms with Gasteiger partial charge < -0.3 is 10.4 Å². The molecule has 1 aromatic carbocycles. The Kier molecular flexibility index (Phi) is 5.08. The molecule has 1 heterocycles. The van der Waals surface area contributed by atoms with Crippen molar-refractivity contribution in [2.45, 2.75) is 13.3 Å². The first-order valence-electron chi connectivity index (χ1n) is 6.62. The van der Waals surface area contributed by atoms with Gasteiger partial charge in [0.1, 0.15) is 0 Å². The van der Waals surface area contributed by atoms with Crippen LogP contribution in [0.25, 0.3) is 0 Å². The van der Waals surface area contributed by atoms with E-state index in [0.717, 1.165) is 11.1 Å². The summed E-state index contributed by atoms with van der Waals surface area (Å²) in [6.45, 7) is 1.99. The van der Waals surface area contributed by atoms with E-state index in [-0.39, 0.29) is 12.5 Å². The maximum atomic E-state index is 12.1. The summed E-state index contributed by atoms with van der Waals surface area (Å²) in [5.41, 5.74) is 3.08. The van der Waals surface area contributed by atoms with Gasteiger partial charge in [0.15, 0.2) is 0 Å². The van der Waals surface area contributed by atoms with E-state index in [1.54, 1.807) is 24.5 Å². The van der Waals surface area contributed by atoms with E-state index < -0.39 is 0 Å². The van der Waals surface area contributed by atoms with Crippen molar-refractivity contribution >= 4 is 11.6 Å². The van der Waals surface area contributed by atoms with Gasteiger partial charge in [-0.25, -0.2) is 0 Å². The molecule has 1 aromatic heterocycles. The summed E-state index contributed by atoms with van der Waals surface area (Å²) in [4.78, 5) is 16.0. The molecule has 0 radical (unpaired) electrons. The molecule has 0 aliphatic rings. The average molecular weight is 280 g/mol. The number of nitrogens with one attached hydrogen (secondary N) is 1. The van der Waals surface area contributed by atoms with Crippen LogP contribution >= 0.6 is 0 Å². The third-order valence-corrected chi connectivity index (χ3v) is 2.75. The molecule has 1 amide bonds. The Morgan fingerprint density at radius 2 is 2.05 bits per heavy atom. The molecule has 0 saturated carbocycles. The highest BCUT2D eigenvalue weighted by Gasteiger charge is 2.06. The fourth-order valence-electron chi connectivity index (χ4n) is 1.85. The number of amides is 1. The molecule has 0 atom stereocenters. The van der Waals surface area contributed by atoms with Gasteiger partial charge in [0.05, 0.1) is 6.61 Å². The van der Waals surface area contributed by atoms with Gasteiger partial charge in [-0.2, -0.15) is 0 Å². The van der Waals surface area contributed by atoms with Crippen LogP contribution in [0.4, 0.5) is 5.69 Å². The minimum atomic E-state index is -0.183. The van der Waals surface area contributed by atoms with Gasteiger partial charge in [0.25, 0.3) is 5.91 Å². The highest BCUT2D eigenvalue weighted by molar-refractivity contribution is 6.04. The largest absolute Gasteiger partial charge is 0.395 e. The number of nitrogens with zero attached hydrogens (tertiary/aromatic N) is 1. The van der Waals surface area contributed by atoms with Crippen LogP contribution < -0.4 is 5.32 Å². The Bertz CT molecular complexity index is 685. The summed E-state index contributed by atoms with van der Waals surface area (Å²) in [6.07, 6.45) is 3.60. The predicted octanol–water partition coefficient (Wildman–Crippen LogP) is 2.38. The SMILES string of the molecule is Cc1cc(C#CCCO)cc(NC(=O)c2ccncc2)c1. The lowest BCUT2D eigenvalue weighted by atomic mass is 10.1. The summed E-state index contributed by atoms with van der Waals surface area (Å²) < 4.78 is 0. The van der Waals surface area contributed by atoms with Gasteiger partial charge in [0.2, 0.25) is 0 Å². The number of carbonyl (C=O) groups excluding carboxylic acids is 1. The number of pyridine rings is 1. The number of anilines is 1. The summed E-state index contributed by atoms with van der Waals surface area (Å²) in [5, 5.41) is 11.6. The lowest BCUT2D eigenvalue weighted by Crippen LogP contribution is -2.12. The van der Waals surface area contributed by atoms with E-state index in [9.17, 15) is 4.79 Å².